The molecule has 2 aliphatic rings. The maximum atomic E-state index is 4.75. The van der Waals surface area contributed by atoms with Crippen molar-refractivity contribution < 1.29 is 0 Å². The Hall–Kier alpha value is -0.0400. The van der Waals surface area contributed by atoms with Gasteiger partial charge in [-0.2, -0.15) is 0 Å². The summed E-state index contributed by atoms with van der Waals surface area (Å²) in [5.74, 6) is 2.54. The summed E-state index contributed by atoms with van der Waals surface area (Å²) in [6.07, 6.45) is 6.94. The first-order valence-corrected chi connectivity index (χ1v) is 8.52. The van der Waals surface area contributed by atoms with Crippen LogP contribution in [0.2, 0.25) is 0 Å². The van der Waals surface area contributed by atoms with E-state index >= 15 is 0 Å². The SMILES string of the molecule is CCNC(=NCC(C)CN1CCCCC1)NCC1CC1.I. The molecule has 1 heterocycles. The fourth-order valence-corrected chi connectivity index (χ4v) is 2.79. The molecule has 4 nitrogen and oxygen atoms in total. The van der Waals surface area contributed by atoms with E-state index in [9.17, 15) is 0 Å². The van der Waals surface area contributed by atoms with Crippen LogP contribution in [-0.2, 0) is 0 Å². The first-order chi connectivity index (χ1) is 9.78. The molecule has 0 bridgehead atoms. The molecule has 1 aliphatic carbocycles. The normalized spacial score (nSPS) is 21.5. The molecule has 0 aromatic heterocycles. The van der Waals surface area contributed by atoms with Crippen LogP contribution in [0.25, 0.3) is 0 Å². The summed E-state index contributed by atoms with van der Waals surface area (Å²) in [5, 5.41) is 6.82. The third-order valence-electron chi connectivity index (χ3n) is 4.18. The van der Waals surface area contributed by atoms with Crippen LogP contribution in [0.4, 0.5) is 0 Å². The zero-order valence-electron chi connectivity index (χ0n) is 13.7. The molecule has 124 valence electrons. The Morgan fingerprint density at radius 2 is 1.90 bits per heavy atom. The van der Waals surface area contributed by atoms with E-state index in [0.717, 1.165) is 31.5 Å². The van der Waals surface area contributed by atoms with Gasteiger partial charge in [-0.15, -0.1) is 24.0 Å². The largest absolute Gasteiger partial charge is 0.357 e. The summed E-state index contributed by atoms with van der Waals surface area (Å²) in [7, 11) is 0. The van der Waals surface area contributed by atoms with Gasteiger partial charge in [-0.05, 0) is 57.5 Å². The van der Waals surface area contributed by atoms with Gasteiger partial charge in [0.1, 0.15) is 0 Å². The van der Waals surface area contributed by atoms with E-state index in [2.05, 4.69) is 29.4 Å². The molecule has 21 heavy (non-hydrogen) atoms. The number of piperidine rings is 1. The maximum absolute atomic E-state index is 4.75. The number of guanidine groups is 1. The van der Waals surface area contributed by atoms with Crippen LogP contribution < -0.4 is 10.6 Å². The predicted octanol–water partition coefficient (Wildman–Crippen LogP) is 2.69. The molecule has 1 saturated heterocycles. The van der Waals surface area contributed by atoms with E-state index in [-0.39, 0.29) is 24.0 Å². The fraction of sp³-hybridized carbons (Fsp3) is 0.938. The Morgan fingerprint density at radius 1 is 1.19 bits per heavy atom. The summed E-state index contributed by atoms with van der Waals surface area (Å²) < 4.78 is 0. The molecule has 1 unspecified atom stereocenters. The highest BCUT2D eigenvalue weighted by Gasteiger charge is 2.21. The van der Waals surface area contributed by atoms with Gasteiger partial charge in [-0.1, -0.05) is 13.3 Å². The third kappa shape index (κ3) is 8.24. The lowest BCUT2D eigenvalue weighted by molar-refractivity contribution is 0.203. The summed E-state index contributed by atoms with van der Waals surface area (Å²) in [6, 6.07) is 0. The van der Waals surface area contributed by atoms with Crippen LogP contribution >= 0.6 is 24.0 Å². The number of aliphatic imine (C=N–C) groups is 1. The molecule has 2 fully saturated rings. The Balaban J connectivity index is 0.00000220. The Morgan fingerprint density at radius 3 is 2.52 bits per heavy atom. The summed E-state index contributed by atoms with van der Waals surface area (Å²) >= 11 is 0. The van der Waals surface area contributed by atoms with Crippen LogP contribution in [-0.4, -0.2) is 50.1 Å². The summed E-state index contributed by atoms with van der Waals surface area (Å²) in [6.45, 7) is 11.2. The van der Waals surface area contributed by atoms with Gasteiger partial charge in [0.25, 0.3) is 0 Å². The van der Waals surface area contributed by atoms with Crippen molar-refractivity contribution in [2.24, 2.45) is 16.8 Å². The van der Waals surface area contributed by atoms with Gasteiger partial charge in [0, 0.05) is 26.2 Å². The van der Waals surface area contributed by atoms with Crippen molar-refractivity contribution in [3.05, 3.63) is 0 Å². The molecule has 2 rings (SSSR count). The molecule has 1 saturated carbocycles. The summed E-state index contributed by atoms with van der Waals surface area (Å²) in [4.78, 5) is 7.35. The second kappa shape index (κ2) is 10.6. The van der Waals surface area contributed by atoms with E-state index < -0.39 is 0 Å². The minimum absolute atomic E-state index is 0. The Bertz CT molecular complexity index is 299. The van der Waals surface area contributed by atoms with Crippen LogP contribution in [0.3, 0.4) is 0 Å². The molecule has 0 amide bonds. The van der Waals surface area contributed by atoms with Crippen molar-refractivity contribution >= 4 is 29.9 Å². The molecular formula is C16H33IN4. The van der Waals surface area contributed by atoms with Gasteiger partial charge >= 0.3 is 0 Å². The second-order valence-electron chi connectivity index (χ2n) is 6.51. The number of likely N-dealkylation sites (tertiary alicyclic amines) is 1. The monoisotopic (exact) mass is 408 g/mol. The lowest BCUT2D eigenvalue weighted by Crippen LogP contribution is -2.39. The average molecular weight is 408 g/mol. The average Bonchev–Trinajstić information content (AvgIpc) is 3.27. The van der Waals surface area contributed by atoms with Crippen molar-refractivity contribution in [3.8, 4) is 0 Å². The summed E-state index contributed by atoms with van der Waals surface area (Å²) in [5.41, 5.74) is 0. The molecular weight excluding hydrogens is 375 g/mol. The standard InChI is InChI=1S/C16H32N4.HI/c1-3-17-16(19-12-15-7-8-15)18-11-14(2)13-20-9-5-4-6-10-20;/h14-15H,3-13H2,1-2H3,(H2,17,18,19);1H. The molecule has 1 aliphatic heterocycles. The molecule has 0 aromatic rings. The van der Waals surface area contributed by atoms with Gasteiger partial charge in [0.2, 0.25) is 0 Å². The van der Waals surface area contributed by atoms with Crippen molar-refractivity contribution in [2.75, 3.05) is 39.3 Å². The van der Waals surface area contributed by atoms with E-state index in [1.165, 1.54) is 51.7 Å². The Labute approximate surface area is 147 Å². The van der Waals surface area contributed by atoms with Crippen LogP contribution in [0.15, 0.2) is 4.99 Å². The van der Waals surface area contributed by atoms with Gasteiger partial charge in [0.05, 0.1) is 0 Å². The van der Waals surface area contributed by atoms with Crippen molar-refractivity contribution in [1.29, 1.82) is 0 Å². The molecule has 0 aromatic carbocycles. The molecule has 0 radical (unpaired) electrons. The number of hydrogen-bond acceptors (Lipinski definition) is 2. The highest BCUT2D eigenvalue weighted by Crippen LogP contribution is 2.27. The van der Waals surface area contributed by atoms with Crippen LogP contribution in [0.5, 0.6) is 0 Å². The van der Waals surface area contributed by atoms with Gasteiger partial charge in [-0.25, -0.2) is 0 Å². The minimum atomic E-state index is 0. The van der Waals surface area contributed by atoms with Gasteiger partial charge in [0.15, 0.2) is 5.96 Å². The fourth-order valence-electron chi connectivity index (χ4n) is 2.79. The van der Waals surface area contributed by atoms with E-state index in [1.54, 1.807) is 0 Å². The molecule has 2 N–H and O–H groups in total. The Kier molecular flexibility index (Phi) is 9.64. The topological polar surface area (TPSA) is 39.7 Å². The number of halogens is 1. The van der Waals surface area contributed by atoms with Gasteiger partial charge in [-0.3, -0.25) is 4.99 Å². The predicted molar refractivity (Wildman–Crippen MR) is 102 cm³/mol. The smallest absolute Gasteiger partial charge is 0.191 e. The van der Waals surface area contributed by atoms with E-state index in [1.807, 2.05) is 0 Å². The first-order valence-electron chi connectivity index (χ1n) is 8.52. The van der Waals surface area contributed by atoms with Crippen molar-refractivity contribution in [2.45, 2.75) is 46.0 Å². The highest BCUT2D eigenvalue weighted by molar-refractivity contribution is 14.0. The quantitative estimate of drug-likeness (QED) is 0.387. The van der Waals surface area contributed by atoms with Crippen LogP contribution in [0.1, 0.15) is 46.0 Å². The number of nitrogens with one attached hydrogen (secondary N) is 2. The number of rotatable bonds is 7. The lowest BCUT2D eigenvalue weighted by atomic mass is 10.1. The second-order valence-corrected chi connectivity index (χ2v) is 6.51. The minimum Gasteiger partial charge on any atom is -0.357 e. The lowest BCUT2D eigenvalue weighted by Gasteiger charge is -2.28. The first kappa shape index (κ1) is 19.0. The zero-order valence-corrected chi connectivity index (χ0v) is 16.1. The number of nitrogens with zero attached hydrogens (tertiary/aromatic N) is 2. The number of hydrogen-bond donors (Lipinski definition) is 2. The van der Waals surface area contributed by atoms with Gasteiger partial charge < -0.3 is 15.5 Å². The van der Waals surface area contributed by atoms with Crippen molar-refractivity contribution in [1.82, 2.24) is 15.5 Å². The molecule has 0 spiro atoms. The van der Waals surface area contributed by atoms with Crippen LogP contribution in [0, 0.1) is 11.8 Å². The maximum Gasteiger partial charge on any atom is 0.191 e. The van der Waals surface area contributed by atoms with E-state index in [0.29, 0.717) is 5.92 Å². The highest BCUT2D eigenvalue weighted by atomic mass is 127. The zero-order chi connectivity index (χ0) is 14.2. The third-order valence-corrected chi connectivity index (χ3v) is 4.18. The van der Waals surface area contributed by atoms with E-state index in [4.69, 9.17) is 4.99 Å². The van der Waals surface area contributed by atoms with Crippen molar-refractivity contribution in [3.63, 3.8) is 0 Å². The molecule has 5 heteroatoms. The molecule has 1 atom stereocenters.